The van der Waals surface area contributed by atoms with Gasteiger partial charge in [-0.2, -0.15) is 0 Å². The topological polar surface area (TPSA) is 68.0 Å². The van der Waals surface area contributed by atoms with Gasteiger partial charge in [-0.05, 0) is 25.8 Å². The third-order valence-electron chi connectivity index (χ3n) is 4.29. The predicted molar refractivity (Wildman–Crippen MR) is 83.1 cm³/mol. The van der Waals surface area contributed by atoms with Gasteiger partial charge in [0, 0.05) is 39.4 Å². The second-order valence-corrected chi connectivity index (χ2v) is 6.52. The van der Waals surface area contributed by atoms with Crippen molar-refractivity contribution >= 4 is 5.91 Å². The number of morpholine rings is 1. The minimum absolute atomic E-state index is 0.0572. The van der Waals surface area contributed by atoms with Crippen LogP contribution in [0.4, 0.5) is 0 Å². The van der Waals surface area contributed by atoms with Gasteiger partial charge in [-0.25, -0.2) is 0 Å². The Morgan fingerprint density at radius 1 is 1.48 bits per heavy atom. The number of likely N-dealkylation sites (N-methyl/N-ethyl adjacent to an activating group) is 1. The Morgan fingerprint density at radius 2 is 2.30 bits per heavy atom. The molecular weight excluding hydrogens is 298 g/mol. The minimum atomic E-state index is -0.0835. The van der Waals surface area contributed by atoms with Crippen molar-refractivity contribution in [2.75, 3.05) is 46.9 Å². The Balaban J connectivity index is 1.65. The number of aromatic nitrogens is 1. The van der Waals surface area contributed by atoms with Gasteiger partial charge in [0.25, 0.3) is 5.91 Å². The smallest absolute Gasteiger partial charge is 0.276 e. The van der Waals surface area contributed by atoms with Crippen LogP contribution in [0.2, 0.25) is 0 Å². The number of amides is 1. The van der Waals surface area contributed by atoms with Crippen LogP contribution in [0.1, 0.15) is 29.1 Å². The Bertz CT molecular complexity index is 529. The minimum Gasteiger partial charge on any atom is -0.377 e. The second kappa shape index (κ2) is 7.42. The van der Waals surface area contributed by atoms with Crippen LogP contribution in [0.5, 0.6) is 0 Å². The molecule has 0 aromatic carbocycles. The number of carbonyl (C=O) groups excluding carboxylic acids is 1. The van der Waals surface area contributed by atoms with E-state index >= 15 is 0 Å². The predicted octanol–water partition coefficient (Wildman–Crippen LogP) is 1.00. The molecule has 1 aliphatic heterocycles. The zero-order chi connectivity index (χ0) is 16.2. The standard InChI is InChI=1S/C16H25N3O4/c1-18-5-6-22-14(9-18)10-19(8-12-3-4-12)16(20)15-7-13(11-21-2)23-17-15/h7,12,14H,3-6,8-11H2,1-2H3. The van der Waals surface area contributed by atoms with Crippen LogP contribution in [0.3, 0.4) is 0 Å². The number of ether oxygens (including phenoxy) is 2. The van der Waals surface area contributed by atoms with E-state index in [-0.39, 0.29) is 12.0 Å². The van der Waals surface area contributed by atoms with Crippen molar-refractivity contribution in [2.24, 2.45) is 5.92 Å². The molecule has 2 aliphatic rings. The summed E-state index contributed by atoms with van der Waals surface area (Å²) in [6, 6.07) is 1.67. The summed E-state index contributed by atoms with van der Waals surface area (Å²) in [5.41, 5.74) is 0.349. The summed E-state index contributed by atoms with van der Waals surface area (Å²) < 4.78 is 16.0. The molecule has 1 aliphatic carbocycles. The van der Waals surface area contributed by atoms with Crippen molar-refractivity contribution in [3.05, 3.63) is 17.5 Å². The zero-order valence-corrected chi connectivity index (χ0v) is 13.9. The number of nitrogens with zero attached hydrogens (tertiary/aromatic N) is 3. The fraction of sp³-hybridized carbons (Fsp3) is 0.750. The fourth-order valence-electron chi connectivity index (χ4n) is 2.86. The average molecular weight is 323 g/mol. The van der Waals surface area contributed by atoms with Crippen LogP contribution in [-0.4, -0.2) is 73.9 Å². The quantitative estimate of drug-likeness (QED) is 0.746. The van der Waals surface area contributed by atoms with Crippen LogP contribution >= 0.6 is 0 Å². The second-order valence-electron chi connectivity index (χ2n) is 6.52. The maximum absolute atomic E-state index is 12.8. The first-order valence-electron chi connectivity index (χ1n) is 8.19. The van der Waals surface area contributed by atoms with Crippen molar-refractivity contribution in [1.82, 2.24) is 15.0 Å². The summed E-state index contributed by atoms with van der Waals surface area (Å²) in [4.78, 5) is 16.9. The Hall–Kier alpha value is -1.44. The van der Waals surface area contributed by atoms with E-state index in [1.54, 1.807) is 13.2 Å². The maximum atomic E-state index is 12.8. The van der Waals surface area contributed by atoms with Gasteiger partial charge in [0.05, 0.1) is 12.7 Å². The van der Waals surface area contributed by atoms with Crippen LogP contribution in [0.25, 0.3) is 0 Å². The molecule has 1 amide bonds. The number of rotatable bonds is 7. The molecule has 0 N–H and O–H groups in total. The van der Waals surface area contributed by atoms with E-state index in [0.717, 1.165) is 19.6 Å². The lowest BCUT2D eigenvalue weighted by molar-refractivity contribution is -0.0332. The van der Waals surface area contributed by atoms with Gasteiger partial charge in [-0.15, -0.1) is 0 Å². The first-order valence-corrected chi connectivity index (χ1v) is 8.19. The molecule has 7 nitrogen and oxygen atoms in total. The van der Waals surface area contributed by atoms with Crippen LogP contribution in [0, 0.1) is 5.92 Å². The van der Waals surface area contributed by atoms with Gasteiger partial charge in [0.1, 0.15) is 6.61 Å². The van der Waals surface area contributed by atoms with Crippen molar-refractivity contribution in [1.29, 1.82) is 0 Å². The summed E-state index contributed by atoms with van der Waals surface area (Å²) >= 11 is 0. The fourth-order valence-corrected chi connectivity index (χ4v) is 2.86. The maximum Gasteiger partial charge on any atom is 0.276 e. The average Bonchev–Trinajstić information content (AvgIpc) is 3.22. The molecule has 128 valence electrons. The van der Waals surface area contributed by atoms with Crippen LogP contribution in [-0.2, 0) is 16.1 Å². The van der Waals surface area contributed by atoms with Gasteiger partial charge >= 0.3 is 0 Å². The molecule has 1 unspecified atom stereocenters. The van der Waals surface area contributed by atoms with E-state index in [1.165, 1.54) is 12.8 Å². The highest BCUT2D eigenvalue weighted by molar-refractivity contribution is 5.92. The molecule has 0 radical (unpaired) electrons. The monoisotopic (exact) mass is 323 g/mol. The summed E-state index contributed by atoms with van der Waals surface area (Å²) in [7, 11) is 3.66. The van der Waals surface area contributed by atoms with E-state index in [4.69, 9.17) is 14.0 Å². The highest BCUT2D eigenvalue weighted by atomic mass is 16.5. The van der Waals surface area contributed by atoms with Gasteiger partial charge in [0.15, 0.2) is 11.5 Å². The zero-order valence-electron chi connectivity index (χ0n) is 13.9. The molecule has 7 heteroatoms. The summed E-state index contributed by atoms with van der Waals surface area (Å²) in [5.74, 6) is 1.10. The molecule has 23 heavy (non-hydrogen) atoms. The highest BCUT2D eigenvalue weighted by Crippen LogP contribution is 2.30. The molecule has 0 bridgehead atoms. The Labute approximate surface area is 136 Å². The van der Waals surface area contributed by atoms with Gasteiger partial charge in [-0.1, -0.05) is 5.16 Å². The molecule has 2 heterocycles. The first kappa shape index (κ1) is 16.4. The molecule has 1 aromatic heterocycles. The normalized spacial score (nSPS) is 22.3. The molecule has 3 rings (SSSR count). The van der Waals surface area contributed by atoms with E-state index in [1.807, 2.05) is 4.90 Å². The van der Waals surface area contributed by atoms with Crippen molar-refractivity contribution in [3.63, 3.8) is 0 Å². The van der Waals surface area contributed by atoms with E-state index in [9.17, 15) is 4.79 Å². The Kier molecular flexibility index (Phi) is 5.30. The van der Waals surface area contributed by atoms with Crippen molar-refractivity contribution in [3.8, 4) is 0 Å². The lowest BCUT2D eigenvalue weighted by Gasteiger charge is -2.33. The summed E-state index contributed by atoms with van der Waals surface area (Å²) in [6.45, 7) is 4.20. The lowest BCUT2D eigenvalue weighted by atomic mass is 10.2. The first-order chi connectivity index (χ1) is 11.2. The van der Waals surface area contributed by atoms with E-state index in [2.05, 4.69) is 17.1 Å². The Morgan fingerprint density at radius 3 is 3.00 bits per heavy atom. The molecule has 0 spiro atoms. The van der Waals surface area contributed by atoms with E-state index in [0.29, 0.717) is 37.1 Å². The largest absolute Gasteiger partial charge is 0.377 e. The third kappa shape index (κ3) is 4.53. The highest BCUT2D eigenvalue weighted by Gasteiger charge is 2.31. The molecule has 2 fully saturated rings. The van der Waals surface area contributed by atoms with Gasteiger partial charge < -0.3 is 23.8 Å². The number of methoxy groups -OCH3 is 1. The van der Waals surface area contributed by atoms with Gasteiger partial charge in [-0.3, -0.25) is 4.79 Å². The van der Waals surface area contributed by atoms with Gasteiger partial charge in [0.2, 0.25) is 0 Å². The lowest BCUT2D eigenvalue weighted by Crippen LogP contribution is -2.48. The SMILES string of the molecule is COCc1cc(C(=O)N(CC2CC2)CC2CN(C)CCO2)no1. The number of hydrogen-bond donors (Lipinski definition) is 0. The van der Waals surface area contributed by atoms with Crippen LogP contribution < -0.4 is 0 Å². The van der Waals surface area contributed by atoms with Crippen LogP contribution in [0.15, 0.2) is 10.6 Å². The molecule has 1 saturated carbocycles. The molecule has 1 aromatic rings. The summed E-state index contributed by atoms with van der Waals surface area (Å²) in [5, 5.41) is 3.89. The number of carbonyl (C=O) groups is 1. The van der Waals surface area contributed by atoms with Crippen molar-refractivity contribution in [2.45, 2.75) is 25.6 Å². The molecule has 1 saturated heterocycles. The number of hydrogen-bond acceptors (Lipinski definition) is 6. The van der Waals surface area contributed by atoms with E-state index < -0.39 is 0 Å². The molecular formula is C16H25N3O4. The molecule has 1 atom stereocenters. The third-order valence-corrected chi connectivity index (χ3v) is 4.29. The summed E-state index contributed by atoms with van der Waals surface area (Å²) in [6.07, 6.45) is 2.45. The van der Waals surface area contributed by atoms with Crippen molar-refractivity contribution < 1.29 is 18.8 Å².